The van der Waals surface area contributed by atoms with Gasteiger partial charge in [-0.05, 0) is 29.2 Å². The number of carbonyl (C=O) groups excluding carboxylic acids is 1. The molecule has 0 aliphatic carbocycles. The van der Waals surface area contributed by atoms with E-state index in [9.17, 15) is 14.9 Å². The van der Waals surface area contributed by atoms with Gasteiger partial charge in [0.25, 0.3) is 5.91 Å². The molecule has 1 aromatic heterocycles. The third-order valence-electron chi connectivity index (χ3n) is 4.58. The average Bonchev–Trinajstić information content (AvgIpc) is 3.02. The van der Waals surface area contributed by atoms with Gasteiger partial charge in [0.1, 0.15) is 11.9 Å². The van der Waals surface area contributed by atoms with Crippen molar-refractivity contribution in [3.8, 4) is 5.75 Å². The van der Waals surface area contributed by atoms with Gasteiger partial charge in [0.05, 0.1) is 7.11 Å². The maximum atomic E-state index is 12.5. The largest absolute Gasteiger partial charge is 0.497 e. The summed E-state index contributed by atoms with van der Waals surface area (Å²) in [5.74, 6) is 0.970. The first-order valence-corrected chi connectivity index (χ1v) is 8.33. The number of nitro groups is 1. The molecule has 138 valence electrons. The zero-order valence-electron chi connectivity index (χ0n) is 14.8. The second kappa shape index (κ2) is 7.42. The highest BCUT2D eigenvalue weighted by Crippen LogP contribution is 2.21. The molecule has 1 fully saturated rings. The van der Waals surface area contributed by atoms with Gasteiger partial charge in [0.15, 0.2) is 12.4 Å². The summed E-state index contributed by atoms with van der Waals surface area (Å²) < 4.78 is 6.51. The summed E-state index contributed by atoms with van der Waals surface area (Å²) in [6, 6.07) is 7.81. The Morgan fingerprint density at radius 2 is 1.88 bits per heavy atom. The molecule has 2 heterocycles. The lowest BCUT2D eigenvalue weighted by Crippen LogP contribution is -2.49. The maximum Gasteiger partial charge on any atom is 0.343 e. The van der Waals surface area contributed by atoms with Crippen molar-refractivity contribution in [1.82, 2.24) is 14.5 Å². The normalized spacial score (nSPS) is 14.4. The van der Waals surface area contributed by atoms with Crippen LogP contribution in [-0.4, -0.2) is 58.6 Å². The predicted molar refractivity (Wildman–Crippen MR) is 95.4 cm³/mol. The van der Waals surface area contributed by atoms with Gasteiger partial charge >= 0.3 is 5.82 Å². The van der Waals surface area contributed by atoms with E-state index in [0.29, 0.717) is 32.0 Å². The summed E-state index contributed by atoms with van der Waals surface area (Å²) in [5, 5.41) is 11.0. The van der Waals surface area contributed by atoms with Crippen molar-refractivity contribution in [2.24, 2.45) is 0 Å². The Balaban J connectivity index is 1.60. The summed E-state index contributed by atoms with van der Waals surface area (Å²) in [6.45, 7) is 4.16. The highest BCUT2D eigenvalue weighted by Gasteiger charge is 2.26. The van der Waals surface area contributed by atoms with Crippen LogP contribution >= 0.6 is 0 Å². The first-order valence-electron chi connectivity index (χ1n) is 8.33. The smallest absolute Gasteiger partial charge is 0.343 e. The van der Waals surface area contributed by atoms with Crippen LogP contribution in [0.3, 0.4) is 0 Å². The fraction of sp³-hybridized carbons (Fsp3) is 0.412. The molecule has 1 aromatic carbocycles. The van der Waals surface area contributed by atoms with Crippen LogP contribution < -0.4 is 9.64 Å². The molecule has 1 aliphatic rings. The molecule has 1 saturated heterocycles. The molecule has 0 saturated carbocycles. The van der Waals surface area contributed by atoms with Crippen LogP contribution in [0.1, 0.15) is 5.82 Å². The van der Waals surface area contributed by atoms with Crippen molar-refractivity contribution >= 4 is 17.4 Å². The van der Waals surface area contributed by atoms with E-state index in [-0.39, 0.29) is 18.3 Å². The van der Waals surface area contributed by atoms with E-state index < -0.39 is 4.92 Å². The Morgan fingerprint density at radius 1 is 1.23 bits per heavy atom. The maximum absolute atomic E-state index is 12.5. The molecular weight excluding hydrogens is 338 g/mol. The van der Waals surface area contributed by atoms with E-state index in [1.807, 2.05) is 24.3 Å². The van der Waals surface area contributed by atoms with E-state index in [4.69, 9.17) is 4.74 Å². The standard InChI is InChI=1S/C17H21N5O4/c1-13-18-11-16(22(24)25)21(13)12-17(23)20-9-7-19(8-10-20)14-3-5-15(26-2)6-4-14/h3-6,11H,7-10,12H2,1-2H3. The van der Waals surface area contributed by atoms with Crippen LogP contribution in [0.4, 0.5) is 11.5 Å². The van der Waals surface area contributed by atoms with Crippen LogP contribution in [0.5, 0.6) is 5.75 Å². The molecular formula is C17H21N5O4. The zero-order chi connectivity index (χ0) is 18.7. The highest BCUT2D eigenvalue weighted by molar-refractivity contribution is 5.76. The van der Waals surface area contributed by atoms with Gasteiger partial charge in [-0.1, -0.05) is 0 Å². The third kappa shape index (κ3) is 3.61. The molecule has 0 N–H and O–H groups in total. The minimum absolute atomic E-state index is 0.0648. The monoisotopic (exact) mass is 359 g/mol. The van der Waals surface area contributed by atoms with Gasteiger partial charge in [0.2, 0.25) is 0 Å². The molecule has 0 radical (unpaired) electrons. The van der Waals surface area contributed by atoms with Crippen molar-refractivity contribution < 1.29 is 14.5 Å². The molecule has 3 rings (SSSR count). The number of imidazole rings is 1. The van der Waals surface area contributed by atoms with Crippen LogP contribution in [0, 0.1) is 17.0 Å². The van der Waals surface area contributed by atoms with Gasteiger partial charge in [-0.2, -0.15) is 0 Å². The van der Waals surface area contributed by atoms with E-state index in [2.05, 4.69) is 9.88 Å². The number of amides is 1. The number of anilines is 1. The molecule has 0 spiro atoms. The number of piperazine rings is 1. The Kier molecular flexibility index (Phi) is 5.06. The Hall–Kier alpha value is -3.10. The first kappa shape index (κ1) is 17.7. The molecule has 2 aromatic rings. The fourth-order valence-corrected chi connectivity index (χ4v) is 3.04. The highest BCUT2D eigenvalue weighted by atomic mass is 16.6. The van der Waals surface area contributed by atoms with Crippen LogP contribution in [-0.2, 0) is 11.3 Å². The number of ether oxygens (including phenoxy) is 1. The topological polar surface area (TPSA) is 93.7 Å². The molecule has 9 nitrogen and oxygen atoms in total. The zero-order valence-corrected chi connectivity index (χ0v) is 14.8. The molecule has 0 atom stereocenters. The van der Waals surface area contributed by atoms with Crippen molar-refractivity contribution in [1.29, 1.82) is 0 Å². The van der Waals surface area contributed by atoms with E-state index in [0.717, 1.165) is 11.4 Å². The van der Waals surface area contributed by atoms with Gasteiger partial charge in [0, 0.05) is 38.8 Å². The van der Waals surface area contributed by atoms with E-state index >= 15 is 0 Å². The molecule has 0 bridgehead atoms. The number of nitrogens with zero attached hydrogens (tertiary/aromatic N) is 5. The summed E-state index contributed by atoms with van der Waals surface area (Å²) in [5.41, 5.74) is 1.08. The second-order valence-corrected chi connectivity index (χ2v) is 6.07. The number of rotatable bonds is 5. The van der Waals surface area contributed by atoms with Gasteiger partial charge in [-0.15, -0.1) is 0 Å². The number of aryl methyl sites for hydroxylation is 1. The minimum atomic E-state index is -0.519. The van der Waals surface area contributed by atoms with Gasteiger partial charge < -0.3 is 24.7 Å². The number of hydrogen-bond donors (Lipinski definition) is 0. The third-order valence-corrected chi connectivity index (χ3v) is 4.58. The molecule has 1 amide bonds. The number of methoxy groups -OCH3 is 1. The molecule has 9 heteroatoms. The first-order chi connectivity index (χ1) is 12.5. The number of aromatic nitrogens is 2. The second-order valence-electron chi connectivity index (χ2n) is 6.07. The van der Waals surface area contributed by atoms with Crippen LogP contribution in [0.25, 0.3) is 0 Å². The lowest BCUT2D eigenvalue weighted by Gasteiger charge is -2.36. The van der Waals surface area contributed by atoms with Crippen molar-refractivity contribution in [2.45, 2.75) is 13.5 Å². The van der Waals surface area contributed by atoms with Crippen molar-refractivity contribution in [2.75, 3.05) is 38.2 Å². The number of hydrogen-bond acceptors (Lipinski definition) is 6. The lowest BCUT2D eigenvalue weighted by molar-refractivity contribution is -0.392. The predicted octanol–water partition coefficient (Wildman–Crippen LogP) is 1.46. The summed E-state index contributed by atoms with van der Waals surface area (Å²) >= 11 is 0. The summed E-state index contributed by atoms with van der Waals surface area (Å²) in [7, 11) is 1.63. The van der Waals surface area contributed by atoms with Gasteiger partial charge in [-0.3, -0.25) is 4.79 Å². The number of carbonyl (C=O) groups is 1. The summed E-state index contributed by atoms with van der Waals surface area (Å²) in [4.78, 5) is 30.9. The van der Waals surface area contributed by atoms with E-state index in [1.165, 1.54) is 10.8 Å². The lowest BCUT2D eigenvalue weighted by atomic mass is 10.2. The van der Waals surface area contributed by atoms with E-state index in [1.54, 1.807) is 18.9 Å². The fourth-order valence-electron chi connectivity index (χ4n) is 3.04. The summed E-state index contributed by atoms with van der Waals surface area (Å²) in [6.07, 6.45) is 1.18. The SMILES string of the molecule is COc1ccc(N2CCN(C(=O)Cn3c([N+](=O)[O-])cnc3C)CC2)cc1. The Bertz CT molecular complexity index is 794. The molecule has 1 aliphatic heterocycles. The van der Waals surface area contributed by atoms with Gasteiger partial charge in [-0.25, -0.2) is 9.55 Å². The Labute approximate surface area is 150 Å². The molecule has 26 heavy (non-hydrogen) atoms. The Morgan fingerprint density at radius 3 is 2.46 bits per heavy atom. The van der Waals surface area contributed by atoms with Crippen LogP contribution in [0.2, 0.25) is 0 Å². The van der Waals surface area contributed by atoms with Crippen LogP contribution in [0.15, 0.2) is 30.5 Å². The van der Waals surface area contributed by atoms with Crippen molar-refractivity contribution in [3.05, 3.63) is 46.4 Å². The molecule has 0 unspecified atom stereocenters. The number of benzene rings is 1. The average molecular weight is 359 g/mol. The minimum Gasteiger partial charge on any atom is -0.497 e. The van der Waals surface area contributed by atoms with Crippen molar-refractivity contribution in [3.63, 3.8) is 0 Å². The quantitative estimate of drug-likeness (QED) is 0.593.